The first-order valence-electron chi connectivity index (χ1n) is 12.2. The lowest BCUT2D eigenvalue weighted by atomic mass is 9.92. The molecular weight excluding hydrogens is 402 g/mol. The molecule has 2 aromatic rings. The molecule has 2 saturated carbocycles. The largest absolute Gasteiger partial charge is 0.481 e. The van der Waals surface area contributed by atoms with Crippen molar-refractivity contribution in [3.05, 3.63) is 29.6 Å². The van der Waals surface area contributed by atoms with Gasteiger partial charge in [0, 0.05) is 18.5 Å². The molecule has 7 nitrogen and oxygen atoms in total. The van der Waals surface area contributed by atoms with Crippen LogP contribution in [0.2, 0.25) is 0 Å². The maximum absolute atomic E-state index is 11.3. The summed E-state index contributed by atoms with van der Waals surface area (Å²) in [5.74, 6) is 1.76. The number of aromatic nitrogens is 3. The molecule has 0 unspecified atom stereocenters. The Balaban J connectivity index is 1.68. The highest BCUT2D eigenvalue weighted by molar-refractivity contribution is 5.75. The van der Waals surface area contributed by atoms with E-state index >= 15 is 0 Å². The molecule has 1 aromatic carbocycles. The molecule has 2 aliphatic rings. The monoisotopic (exact) mass is 439 g/mol. The van der Waals surface area contributed by atoms with Gasteiger partial charge in [-0.3, -0.25) is 9.89 Å². The molecular formula is C25H37N5O2. The quantitative estimate of drug-likeness (QED) is 0.433. The van der Waals surface area contributed by atoms with Crippen molar-refractivity contribution >= 4 is 23.3 Å². The minimum Gasteiger partial charge on any atom is -0.481 e. The van der Waals surface area contributed by atoms with Crippen molar-refractivity contribution in [2.75, 3.05) is 16.8 Å². The molecule has 32 heavy (non-hydrogen) atoms. The van der Waals surface area contributed by atoms with E-state index in [0.717, 1.165) is 29.3 Å². The van der Waals surface area contributed by atoms with E-state index in [9.17, 15) is 9.90 Å². The third-order valence-electron chi connectivity index (χ3n) is 6.67. The van der Waals surface area contributed by atoms with Crippen molar-refractivity contribution in [3.63, 3.8) is 0 Å². The minimum atomic E-state index is -0.775. The number of hydrogen-bond donors (Lipinski definition) is 3. The number of rotatable bonds is 10. The van der Waals surface area contributed by atoms with E-state index in [0.29, 0.717) is 23.8 Å². The minimum absolute atomic E-state index is 0.0653. The Kier molecular flexibility index (Phi) is 7.01. The van der Waals surface area contributed by atoms with Gasteiger partial charge in [0.1, 0.15) is 5.82 Å². The van der Waals surface area contributed by atoms with Crippen molar-refractivity contribution in [1.82, 2.24) is 15.2 Å². The first kappa shape index (κ1) is 22.6. The highest BCUT2D eigenvalue weighted by atomic mass is 16.4. The van der Waals surface area contributed by atoms with Crippen molar-refractivity contribution in [2.24, 2.45) is 5.92 Å². The molecule has 0 aliphatic heterocycles. The summed E-state index contributed by atoms with van der Waals surface area (Å²) in [5.41, 5.74) is 3.15. The molecule has 2 aliphatic carbocycles. The number of carbonyl (C=O) groups is 1. The molecule has 0 bridgehead atoms. The number of anilines is 3. The number of aromatic amines is 1. The smallest absolute Gasteiger partial charge is 0.303 e. The summed E-state index contributed by atoms with van der Waals surface area (Å²) in [5, 5.41) is 20.2. The van der Waals surface area contributed by atoms with Crippen molar-refractivity contribution in [1.29, 1.82) is 0 Å². The Hall–Kier alpha value is -2.57. The summed E-state index contributed by atoms with van der Waals surface area (Å²) in [4.78, 5) is 18.5. The van der Waals surface area contributed by atoms with Gasteiger partial charge < -0.3 is 15.3 Å². The van der Waals surface area contributed by atoms with Crippen molar-refractivity contribution in [2.45, 2.75) is 90.0 Å². The second kappa shape index (κ2) is 9.92. The topological polar surface area (TPSA) is 94.1 Å². The molecule has 2 fully saturated rings. The third kappa shape index (κ3) is 5.61. The molecule has 174 valence electrons. The van der Waals surface area contributed by atoms with Gasteiger partial charge in [0.25, 0.3) is 0 Å². The van der Waals surface area contributed by atoms with Crippen LogP contribution in [0.15, 0.2) is 18.2 Å². The van der Waals surface area contributed by atoms with Gasteiger partial charge in [-0.25, -0.2) is 0 Å². The first-order valence-corrected chi connectivity index (χ1v) is 12.2. The van der Waals surface area contributed by atoms with E-state index in [1.807, 2.05) is 6.92 Å². The normalized spacial score (nSPS) is 18.0. The zero-order valence-electron chi connectivity index (χ0n) is 19.6. The lowest BCUT2D eigenvalue weighted by molar-refractivity contribution is -0.137. The summed E-state index contributed by atoms with van der Waals surface area (Å²) >= 11 is 0. The number of carboxylic acids is 1. The van der Waals surface area contributed by atoms with Crippen LogP contribution in [0.25, 0.3) is 0 Å². The second-order valence-corrected chi connectivity index (χ2v) is 10.1. The fourth-order valence-corrected chi connectivity index (χ4v) is 4.81. The Morgan fingerprint density at radius 3 is 2.59 bits per heavy atom. The van der Waals surface area contributed by atoms with Crippen LogP contribution in [-0.4, -0.2) is 38.8 Å². The van der Waals surface area contributed by atoms with E-state index in [1.165, 1.54) is 44.9 Å². The lowest BCUT2D eigenvalue weighted by Gasteiger charge is -2.38. The number of hydrogen-bond acceptors (Lipinski definition) is 5. The van der Waals surface area contributed by atoms with Crippen LogP contribution >= 0.6 is 0 Å². The molecule has 0 saturated heterocycles. The number of nitrogens with one attached hydrogen (secondary N) is 2. The van der Waals surface area contributed by atoms with Crippen LogP contribution in [0.3, 0.4) is 0 Å². The molecule has 7 heteroatoms. The van der Waals surface area contributed by atoms with E-state index < -0.39 is 5.97 Å². The van der Waals surface area contributed by atoms with E-state index in [4.69, 9.17) is 0 Å². The predicted molar refractivity (Wildman–Crippen MR) is 128 cm³/mol. The fraction of sp³-hybridized carbons (Fsp3) is 0.640. The number of benzene rings is 1. The molecule has 1 heterocycles. The van der Waals surface area contributed by atoms with Gasteiger partial charge in [-0.05, 0) is 55.2 Å². The molecule has 1 atom stereocenters. The van der Waals surface area contributed by atoms with Crippen LogP contribution < -0.4 is 10.2 Å². The molecule has 0 spiro atoms. The van der Waals surface area contributed by atoms with Crippen LogP contribution in [0.1, 0.15) is 95.4 Å². The van der Waals surface area contributed by atoms with E-state index in [-0.39, 0.29) is 12.3 Å². The fourth-order valence-electron chi connectivity index (χ4n) is 4.81. The summed E-state index contributed by atoms with van der Waals surface area (Å²) in [6, 6.07) is 6.90. The zero-order valence-corrected chi connectivity index (χ0v) is 19.6. The first-order chi connectivity index (χ1) is 15.4. The standard InChI is InChI=1S/C25H37N5O2/c1-16(2)15-30(20-7-5-4-6-8-20)22-12-11-19(17(3)13-23(31)32)14-21(22)26-25-27-24(28-29-25)18-9-10-18/h11-12,14,16-18,20H,4-10,13,15H2,1-3H3,(H,31,32)(H2,26,27,28,29)/t17-/m1/s1. The summed E-state index contributed by atoms with van der Waals surface area (Å²) in [6.45, 7) is 7.50. The van der Waals surface area contributed by atoms with Gasteiger partial charge >= 0.3 is 5.97 Å². The van der Waals surface area contributed by atoms with Gasteiger partial charge in [-0.2, -0.15) is 4.98 Å². The molecule has 0 radical (unpaired) electrons. The van der Waals surface area contributed by atoms with Gasteiger partial charge in [0.15, 0.2) is 0 Å². The zero-order chi connectivity index (χ0) is 22.7. The second-order valence-electron chi connectivity index (χ2n) is 10.1. The van der Waals surface area contributed by atoms with Gasteiger partial charge in [-0.15, -0.1) is 5.10 Å². The third-order valence-corrected chi connectivity index (χ3v) is 6.67. The Morgan fingerprint density at radius 2 is 1.94 bits per heavy atom. The van der Waals surface area contributed by atoms with Crippen LogP contribution in [0.5, 0.6) is 0 Å². The van der Waals surface area contributed by atoms with Gasteiger partial charge in [0.2, 0.25) is 5.95 Å². The maximum Gasteiger partial charge on any atom is 0.303 e. The highest BCUT2D eigenvalue weighted by Crippen LogP contribution is 2.39. The maximum atomic E-state index is 11.3. The molecule has 1 aromatic heterocycles. The Bertz CT molecular complexity index is 915. The average molecular weight is 440 g/mol. The van der Waals surface area contributed by atoms with Crippen molar-refractivity contribution < 1.29 is 9.90 Å². The van der Waals surface area contributed by atoms with Gasteiger partial charge in [-0.1, -0.05) is 46.1 Å². The Morgan fingerprint density at radius 1 is 1.19 bits per heavy atom. The molecule has 3 N–H and O–H groups in total. The van der Waals surface area contributed by atoms with Gasteiger partial charge in [0.05, 0.1) is 17.8 Å². The molecule has 0 amide bonds. The van der Waals surface area contributed by atoms with E-state index in [2.05, 4.69) is 57.4 Å². The van der Waals surface area contributed by atoms with Crippen LogP contribution in [0.4, 0.5) is 17.3 Å². The number of carboxylic acid groups (broad SMARTS) is 1. The number of nitrogens with zero attached hydrogens (tertiary/aromatic N) is 3. The number of H-pyrrole nitrogens is 1. The summed E-state index contributed by atoms with van der Waals surface area (Å²) < 4.78 is 0. The summed E-state index contributed by atoms with van der Waals surface area (Å²) in [7, 11) is 0. The molecule has 4 rings (SSSR count). The van der Waals surface area contributed by atoms with Crippen molar-refractivity contribution in [3.8, 4) is 0 Å². The lowest BCUT2D eigenvalue weighted by Crippen LogP contribution is -2.39. The predicted octanol–water partition coefficient (Wildman–Crippen LogP) is 5.80. The Labute approximate surface area is 191 Å². The SMILES string of the molecule is CC(C)CN(c1ccc([C@H](C)CC(=O)O)cc1Nc1n[nH]c(C2CC2)n1)C1CCCCC1. The van der Waals surface area contributed by atoms with Crippen LogP contribution in [0, 0.1) is 5.92 Å². The summed E-state index contributed by atoms with van der Waals surface area (Å²) in [6.07, 6.45) is 8.78. The highest BCUT2D eigenvalue weighted by Gasteiger charge is 2.28. The van der Waals surface area contributed by atoms with Crippen LogP contribution in [-0.2, 0) is 4.79 Å². The average Bonchev–Trinajstić information content (AvgIpc) is 3.51. The van der Waals surface area contributed by atoms with E-state index in [1.54, 1.807) is 0 Å². The number of aliphatic carboxylic acids is 1.